The zero-order valence-electron chi connectivity index (χ0n) is 19.1. The first kappa shape index (κ1) is 24.4. The number of nitrogens with zero attached hydrogens (tertiary/aromatic N) is 2. The summed E-state index contributed by atoms with van der Waals surface area (Å²) in [6, 6.07) is 10.4. The summed E-state index contributed by atoms with van der Waals surface area (Å²) in [7, 11) is 1.51. The second-order valence-corrected chi connectivity index (χ2v) is 10.6. The smallest absolute Gasteiger partial charge is 0.325 e. The van der Waals surface area contributed by atoms with E-state index >= 15 is 0 Å². The maximum absolute atomic E-state index is 14.2. The first-order valence-corrected chi connectivity index (χ1v) is 12.5. The Morgan fingerprint density at radius 1 is 1.19 bits per heavy atom. The number of nitrogens with one attached hydrogen (secondary N) is 3. The van der Waals surface area contributed by atoms with Crippen molar-refractivity contribution >= 4 is 57.9 Å². The summed E-state index contributed by atoms with van der Waals surface area (Å²) in [5.41, 5.74) is 1.24. The van der Waals surface area contributed by atoms with Crippen molar-refractivity contribution in [2.45, 2.75) is 29.1 Å². The molecule has 0 bridgehead atoms. The van der Waals surface area contributed by atoms with Crippen molar-refractivity contribution in [3.63, 3.8) is 0 Å². The lowest BCUT2D eigenvalue weighted by molar-refractivity contribution is -0.122. The molecule has 1 saturated carbocycles. The normalized spacial score (nSPS) is 22.3. The van der Waals surface area contributed by atoms with Gasteiger partial charge in [-0.1, -0.05) is 41.9 Å². The third-order valence-electron chi connectivity index (χ3n) is 6.52. The number of aliphatic hydroxyl groups is 1. The molecule has 4 amide bonds. The largest absolute Gasteiger partial charge is 0.395 e. The number of rotatable bonds is 5. The third kappa shape index (κ3) is 4.06. The molecule has 3 atom stereocenters. The van der Waals surface area contributed by atoms with Gasteiger partial charge < -0.3 is 21.1 Å². The lowest BCUT2D eigenvalue weighted by Crippen LogP contribution is -2.48. The van der Waals surface area contributed by atoms with Crippen LogP contribution in [-0.4, -0.2) is 62.4 Å². The van der Waals surface area contributed by atoms with E-state index in [0.717, 1.165) is 0 Å². The number of aliphatic hydroxyl groups excluding tert-OH is 1. The Bertz CT molecular complexity index is 1380. The van der Waals surface area contributed by atoms with E-state index in [2.05, 4.69) is 16.0 Å². The fraction of sp³-hybridized carbons (Fsp3) is 0.292. The molecule has 1 aliphatic heterocycles. The van der Waals surface area contributed by atoms with E-state index in [1.54, 1.807) is 30.3 Å². The van der Waals surface area contributed by atoms with Gasteiger partial charge in [0.2, 0.25) is 0 Å². The maximum Gasteiger partial charge on any atom is 0.325 e. The zero-order valence-corrected chi connectivity index (χ0v) is 20.7. The van der Waals surface area contributed by atoms with Crippen LogP contribution in [0.5, 0.6) is 0 Å². The van der Waals surface area contributed by atoms with E-state index < -0.39 is 27.9 Å². The minimum atomic E-state index is -0.926. The second kappa shape index (κ2) is 9.30. The average Bonchev–Trinajstić information content (AvgIpc) is 3.32. The fourth-order valence-electron chi connectivity index (χ4n) is 4.53. The van der Waals surface area contributed by atoms with Gasteiger partial charge in [-0.05, 0) is 18.6 Å². The molecule has 188 valence electrons. The topological polar surface area (TPSA) is 116 Å². The predicted molar refractivity (Wildman–Crippen MR) is 136 cm³/mol. The number of amides is 4. The molecule has 3 aromatic rings. The highest BCUT2D eigenvalue weighted by atomic mass is 35.5. The highest BCUT2D eigenvalue weighted by Crippen LogP contribution is 2.60. The van der Waals surface area contributed by atoms with Crippen LogP contribution in [0.2, 0.25) is 5.02 Å². The Labute approximate surface area is 215 Å². The summed E-state index contributed by atoms with van der Waals surface area (Å²) in [5.74, 6) is -1.10. The highest BCUT2D eigenvalue weighted by molar-refractivity contribution is 8.02. The van der Waals surface area contributed by atoms with Crippen molar-refractivity contribution in [1.82, 2.24) is 20.1 Å². The first-order valence-electron chi connectivity index (χ1n) is 11.2. The van der Waals surface area contributed by atoms with Crippen LogP contribution in [0.3, 0.4) is 0 Å². The molecule has 0 spiro atoms. The van der Waals surface area contributed by atoms with Gasteiger partial charge in [0.25, 0.3) is 5.91 Å². The van der Waals surface area contributed by atoms with E-state index in [-0.39, 0.29) is 35.8 Å². The van der Waals surface area contributed by atoms with Gasteiger partial charge in [0, 0.05) is 30.7 Å². The number of hydrogen-bond donors (Lipinski definition) is 4. The summed E-state index contributed by atoms with van der Waals surface area (Å²) >= 11 is 7.04. The van der Waals surface area contributed by atoms with Gasteiger partial charge in [0.15, 0.2) is 5.37 Å². The molecule has 0 unspecified atom stereocenters. The summed E-state index contributed by atoms with van der Waals surface area (Å²) < 4.78 is 15.0. The molecule has 5 rings (SSSR count). The number of benzene rings is 2. The molecule has 2 heterocycles. The van der Waals surface area contributed by atoms with E-state index in [1.165, 1.54) is 46.6 Å². The Morgan fingerprint density at radius 2 is 1.97 bits per heavy atom. The monoisotopic (exact) mass is 531 g/mol. The molecule has 9 nitrogen and oxygen atoms in total. The average molecular weight is 532 g/mol. The van der Waals surface area contributed by atoms with E-state index in [0.29, 0.717) is 23.0 Å². The van der Waals surface area contributed by atoms with E-state index in [9.17, 15) is 23.9 Å². The predicted octanol–water partition coefficient (Wildman–Crippen LogP) is 3.35. The fourth-order valence-corrected chi connectivity index (χ4v) is 6.31. The molecule has 1 saturated heterocycles. The molecule has 0 radical (unpaired) electrons. The summed E-state index contributed by atoms with van der Waals surface area (Å²) in [4.78, 5) is 40.3. The minimum Gasteiger partial charge on any atom is -0.395 e. The number of anilines is 1. The quantitative estimate of drug-likeness (QED) is 0.403. The van der Waals surface area contributed by atoms with Crippen LogP contribution in [-0.2, 0) is 11.3 Å². The van der Waals surface area contributed by atoms with Crippen molar-refractivity contribution in [2.75, 3.05) is 19.0 Å². The Balaban J connectivity index is 1.37. The molecule has 1 aliphatic carbocycles. The summed E-state index contributed by atoms with van der Waals surface area (Å²) in [6.45, 7) is -0.289. The summed E-state index contributed by atoms with van der Waals surface area (Å²) in [5, 5.41) is 17.7. The molecule has 12 heteroatoms. The van der Waals surface area contributed by atoms with Gasteiger partial charge >= 0.3 is 12.1 Å². The number of carbonyl (C=O) groups is 3. The van der Waals surface area contributed by atoms with Crippen molar-refractivity contribution in [2.24, 2.45) is 0 Å². The Morgan fingerprint density at radius 3 is 2.72 bits per heavy atom. The van der Waals surface area contributed by atoms with Gasteiger partial charge in [-0.3, -0.25) is 14.3 Å². The molecule has 4 N–H and O–H groups in total. The van der Waals surface area contributed by atoms with Crippen LogP contribution in [0.15, 0.2) is 48.7 Å². The first-order chi connectivity index (χ1) is 17.3. The number of para-hydroxylation sites is 1. The Hall–Kier alpha value is -3.28. The molecular weight excluding hydrogens is 509 g/mol. The second-order valence-electron chi connectivity index (χ2n) is 8.67. The Kier molecular flexibility index (Phi) is 6.31. The standard InChI is InChI=1S/C24H23ClFN5O4S/c1-27-22(34)30-11-16(14-6-2-3-8-17(14)30)29-23(35)31-18-9-24(18,12-32)36-21(31)20(33)28-10-13-5-4-7-15(25)19(13)26/h2-8,11,18,21,32H,9-10,12H2,1H3,(H,27,34)(H,28,33)(H,29,35)/t18-,21+,24-/m1/s1. The number of carbonyl (C=O) groups excluding carboxylic acids is 3. The van der Waals surface area contributed by atoms with Gasteiger partial charge in [-0.25, -0.2) is 14.0 Å². The van der Waals surface area contributed by atoms with Crippen LogP contribution < -0.4 is 16.0 Å². The van der Waals surface area contributed by atoms with Crippen molar-refractivity contribution in [3.05, 3.63) is 65.1 Å². The van der Waals surface area contributed by atoms with Crippen molar-refractivity contribution in [3.8, 4) is 0 Å². The molecule has 2 fully saturated rings. The van der Waals surface area contributed by atoms with Crippen LogP contribution in [0.1, 0.15) is 12.0 Å². The lowest BCUT2D eigenvalue weighted by Gasteiger charge is -2.26. The van der Waals surface area contributed by atoms with Crippen molar-refractivity contribution in [1.29, 1.82) is 0 Å². The van der Waals surface area contributed by atoms with Crippen molar-refractivity contribution < 1.29 is 23.9 Å². The van der Waals surface area contributed by atoms with E-state index in [1.807, 2.05) is 0 Å². The lowest BCUT2D eigenvalue weighted by atomic mass is 10.2. The van der Waals surface area contributed by atoms with Crippen LogP contribution in [0.25, 0.3) is 10.9 Å². The van der Waals surface area contributed by atoms with Gasteiger partial charge in [-0.2, -0.15) is 0 Å². The number of thioether (sulfide) groups is 1. The highest BCUT2D eigenvalue weighted by Gasteiger charge is 2.68. The molecule has 36 heavy (non-hydrogen) atoms. The molecule has 2 aromatic carbocycles. The number of fused-ring (bicyclic) bond motifs is 2. The third-order valence-corrected chi connectivity index (χ3v) is 8.51. The minimum absolute atomic E-state index is 0.0469. The van der Waals surface area contributed by atoms with Gasteiger partial charge in [0.05, 0.1) is 33.6 Å². The number of hydrogen-bond acceptors (Lipinski definition) is 5. The zero-order chi connectivity index (χ0) is 25.6. The maximum atomic E-state index is 14.2. The molecular formula is C24H23ClFN5O4S. The SMILES string of the molecule is CNC(=O)n1cc(NC(=O)N2[C@H](C(=O)NCc3cccc(Cl)c3F)S[C@@]3(CO)C[C@@H]23)c2ccccc21. The molecule has 2 aliphatic rings. The van der Waals surface area contributed by atoms with Gasteiger partial charge in [0.1, 0.15) is 5.82 Å². The van der Waals surface area contributed by atoms with Crippen LogP contribution >= 0.6 is 23.4 Å². The summed E-state index contributed by atoms with van der Waals surface area (Å²) in [6.07, 6.45) is 2.07. The number of halogens is 2. The van der Waals surface area contributed by atoms with E-state index in [4.69, 9.17) is 11.6 Å². The van der Waals surface area contributed by atoms with Crippen LogP contribution in [0.4, 0.5) is 19.7 Å². The molecule has 1 aromatic heterocycles. The number of urea groups is 1. The van der Waals surface area contributed by atoms with Gasteiger partial charge in [-0.15, -0.1) is 11.8 Å². The number of aromatic nitrogens is 1. The van der Waals surface area contributed by atoms with Crippen LogP contribution in [0, 0.1) is 5.82 Å².